The predicted octanol–water partition coefficient (Wildman–Crippen LogP) is 1.86. The van der Waals surface area contributed by atoms with Gasteiger partial charge in [-0.05, 0) is 37.1 Å². The van der Waals surface area contributed by atoms with Gasteiger partial charge < -0.3 is 5.73 Å². The van der Waals surface area contributed by atoms with Gasteiger partial charge in [0.25, 0.3) is 0 Å². The van der Waals surface area contributed by atoms with E-state index in [4.69, 9.17) is 5.73 Å². The number of hydrogen-bond donors (Lipinski definition) is 1. The van der Waals surface area contributed by atoms with E-state index in [9.17, 15) is 4.79 Å². The van der Waals surface area contributed by atoms with Gasteiger partial charge in [-0.15, -0.1) is 0 Å². The molecule has 110 valence electrons. The molecule has 1 amide bonds. The van der Waals surface area contributed by atoms with E-state index in [1.54, 1.807) is 12.1 Å². The molecule has 2 heterocycles. The zero-order chi connectivity index (χ0) is 14.8. The molecule has 5 heteroatoms. The van der Waals surface area contributed by atoms with Crippen molar-refractivity contribution in [1.82, 2.24) is 14.7 Å². The van der Waals surface area contributed by atoms with Crippen molar-refractivity contribution in [3.05, 3.63) is 53.3 Å². The number of aromatic nitrogens is 2. The maximum atomic E-state index is 11.1. The van der Waals surface area contributed by atoms with E-state index in [2.05, 4.69) is 16.2 Å². The van der Waals surface area contributed by atoms with Gasteiger partial charge in [-0.1, -0.05) is 12.1 Å². The summed E-state index contributed by atoms with van der Waals surface area (Å²) in [5.41, 5.74) is 8.31. The third kappa shape index (κ3) is 2.97. The van der Waals surface area contributed by atoms with Crippen molar-refractivity contribution in [2.24, 2.45) is 12.8 Å². The number of nitrogens with zero attached hydrogens (tertiary/aromatic N) is 3. The molecule has 1 aliphatic heterocycles. The number of hydrogen-bond acceptors (Lipinski definition) is 3. The number of rotatable bonds is 4. The molecule has 5 nitrogen and oxygen atoms in total. The SMILES string of the molecule is Cn1cc(C2CCCN2Cc2ccc(C(N)=O)cc2)cn1. The minimum absolute atomic E-state index is 0.379. The van der Waals surface area contributed by atoms with Crippen LogP contribution in [-0.4, -0.2) is 27.1 Å². The van der Waals surface area contributed by atoms with Crippen LogP contribution in [0, 0.1) is 0 Å². The summed E-state index contributed by atoms with van der Waals surface area (Å²) in [4.78, 5) is 13.6. The van der Waals surface area contributed by atoms with Crippen LogP contribution < -0.4 is 5.73 Å². The van der Waals surface area contributed by atoms with Crippen molar-refractivity contribution in [2.45, 2.75) is 25.4 Å². The number of amides is 1. The lowest BCUT2D eigenvalue weighted by molar-refractivity contribution is 0.100. The summed E-state index contributed by atoms with van der Waals surface area (Å²) in [6.07, 6.45) is 6.43. The fourth-order valence-electron chi connectivity index (χ4n) is 3.01. The number of nitrogens with two attached hydrogens (primary N) is 1. The van der Waals surface area contributed by atoms with Gasteiger partial charge in [-0.2, -0.15) is 5.10 Å². The fourth-order valence-corrected chi connectivity index (χ4v) is 3.01. The van der Waals surface area contributed by atoms with E-state index in [0.29, 0.717) is 11.6 Å². The third-order valence-corrected chi connectivity index (χ3v) is 4.10. The summed E-state index contributed by atoms with van der Waals surface area (Å²) in [6, 6.07) is 8.01. The van der Waals surface area contributed by atoms with Crippen LogP contribution in [0.5, 0.6) is 0 Å². The summed E-state index contributed by atoms with van der Waals surface area (Å²) < 4.78 is 1.85. The first-order valence-electron chi connectivity index (χ1n) is 7.25. The van der Waals surface area contributed by atoms with Crippen LogP contribution in [-0.2, 0) is 13.6 Å². The molecule has 0 aliphatic carbocycles. The molecular weight excluding hydrogens is 264 g/mol. The minimum atomic E-state index is -0.379. The molecule has 3 rings (SSSR count). The second-order valence-electron chi connectivity index (χ2n) is 5.64. The Bertz CT molecular complexity index is 632. The Morgan fingerprint density at radius 3 is 2.76 bits per heavy atom. The molecule has 1 aromatic carbocycles. The zero-order valence-electron chi connectivity index (χ0n) is 12.2. The molecule has 1 aliphatic rings. The molecule has 21 heavy (non-hydrogen) atoms. The molecular formula is C16H20N4O. The largest absolute Gasteiger partial charge is 0.366 e. The van der Waals surface area contributed by atoms with E-state index >= 15 is 0 Å². The van der Waals surface area contributed by atoms with Crippen LogP contribution in [0.2, 0.25) is 0 Å². The smallest absolute Gasteiger partial charge is 0.248 e. The highest BCUT2D eigenvalue weighted by atomic mass is 16.1. The zero-order valence-corrected chi connectivity index (χ0v) is 12.2. The number of carbonyl (C=O) groups is 1. The fraction of sp³-hybridized carbons (Fsp3) is 0.375. The van der Waals surface area contributed by atoms with Crippen molar-refractivity contribution in [1.29, 1.82) is 0 Å². The Balaban J connectivity index is 1.72. The van der Waals surface area contributed by atoms with Gasteiger partial charge in [0, 0.05) is 37.0 Å². The first-order chi connectivity index (χ1) is 10.1. The van der Waals surface area contributed by atoms with E-state index in [-0.39, 0.29) is 5.91 Å². The van der Waals surface area contributed by atoms with Gasteiger partial charge >= 0.3 is 0 Å². The summed E-state index contributed by atoms with van der Waals surface area (Å²) in [7, 11) is 1.95. The van der Waals surface area contributed by atoms with Crippen molar-refractivity contribution in [3.8, 4) is 0 Å². The Kier molecular flexibility index (Phi) is 3.75. The number of benzene rings is 1. The van der Waals surface area contributed by atoms with Gasteiger partial charge in [-0.3, -0.25) is 14.4 Å². The molecule has 1 atom stereocenters. The van der Waals surface area contributed by atoms with Gasteiger partial charge in [0.1, 0.15) is 0 Å². The second-order valence-corrected chi connectivity index (χ2v) is 5.64. The number of primary amides is 1. The van der Waals surface area contributed by atoms with Crippen LogP contribution in [0.3, 0.4) is 0 Å². The van der Waals surface area contributed by atoms with Crippen LogP contribution in [0.1, 0.15) is 40.4 Å². The molecule has 1 saturated heterocycles. The average Bonchev–Trinajstić information content (AvgIpc) is 3.08. The molecule has 1 fully saturated rings. The molecule has 0 radical (unpaired) electrons. The predicted molar refractivity (Wildman–Crippen MR) is 80.6 cm³/mol. The maximum Gasteiger partial charge on any atom is 0.248 e. The summed E-state index contributed by atoms with van der Waals surface area (Å²) >= 11 is 0. The van der Waals surface area contributed by atoms with E-state index in [1.165, 1.54) is 24.0 Å². The van der Waals surface area contributed by atoms with Crippen molar-refractivity contribution in [3.63, 3.8) is 0 Å². The lowest BCUT2D eigenvalue weighted by Crippen LogP contribution is -2.22. The highest BCUT2D eigenvalue weighted by Gasteiger charge is 2.26. The Labute approximate surface area is 124 Å². The highest BCUT2D eigenvalue weighted by molar-refractivity contribution is 5.92. The first kappa shape index (κ1) is 13.8. The highest BCUT2D eigenvalue weighted by Crippen LogP contribution is 2.32. The number of aryl methyl sites for hydroxylation is 1. The Morgan fingerprint density at radius 2 is 2.14 bits per heavy atom. The van der Waals surface area contributed by atoms with E-state index in [1.807, 2.05) is 30.1 Å². The van der Waals surface area contributed by atoms with Gasteiger partial charge in [0.15, 0.2) is 0 Å². The summed E-state index contributed by atoms with van der Waals surface area (Å²) in [5.74, 6) is -0.379. The van der Waals surface area contributed by atoms with Crippen molar-refractivity contribution < 1.29 is 4.79 Å². The molecule has 0 bridgehead atoms. The number of carbonyl (C=O) groups excluding carboxylic acids is 1. The molecule has 0 saturated carbocycles. The standard InChI is InChI=1S/C16H20N4O/c1-19-11-14(9-18-19)15-3-2-8-20(15)10-12-4-6-13(7-5-12)16(17)21/h4-7,9,11,15H,2-3,8,10H2,1H3,(H2,17,21). The van der Waals surface area contributed by atoms with E-state index < -0.39 is 0 Å². The second kappa shape index (κ2) is 5.69. The molecule has 1 unspecified atom stereocenters. The lowest BCUT2D eigenvalue weighted by atomic mass is 10.1. The van der Waals surface area contributed by atoms with Crippen molar-refractivity contribution in [2.75, 3.05) is 6.54 Å². The Hall–Kier alpha value is -2.14. The van der Waals surface area contributed by atoms with Gasteiger partial charge in [-0.25, -0.2) is 0 Å². The monoisotopic (exact) mass is 284 g/mol. The van der Waals surface area contributed by atoms with Gasteiger partial charge in [0.05, 0.1) is 6.20 Å². The molecule has 1 aromatic heterocycles. The molecule has 0 spiro atoms. The molecule has 2 N–H and O–H groups in total. The summed E-state index contributed by atoms with van der Waals surface area (Å²) in [6.45, 7) is 1.98. The third-order valence-electron chi connectivity index (χ3n) is 4.10. The Morgan fingerprint density at radius 1 is 1.38 bits per heavy atom. The normalized spacial score (nSPS) is 19.0. The quantitative estimate of drug-likeness (QED) is 0.932. The van der Waals surface area contributed by atoms with Crippen molar-refractivity contribution >= 4 is 5.91 Å². The molecule has 2 aromatic rings. The van der Waals surface area contributed by atoms with Crippen LogP contribution in [0.15, 0.2) is 36.7 Å². The lowest BCUT2D eigenvalue weighted by Gasteiger charge is -2.23. The average molecular weight is 284 g/mol. The van der Waals surface area contributed by atoms with E-state index in [0.717, 1.165) is 13.1 Å². The summed E-state index contributed by atoms with van der Waals surface area (Å²) in [5, 5.41) is 4.27. The van der Waals surface area contributed by atoms with Crippen LogP contribution in [0.25, 0.3) is 0 Å². The maximum absolute atomic E-state index is 11.1. The topological polar surface area (TPSA) is 64.2 Å². The van der Waals surface area contributed by atoms with Crippen LogP contribution in [0.4, 0.5) is 0 Å². The number of likely N-dealkylation sites (tertiary alicyclic amines) is 1. The minimum Gasteiger partial charge on any atom is -0.366 e. The first-order valence-corrected chi connectivity index (χ1v) is 7.25. The van der Waals surface area contributed by atoms with Gasteiger partial charge in [0.2, 0.25) is 5.91 Å². The van der Waals surface area contributed by atoms with Crippen LogP contribution >= 0.6 is 0 Å².